The van der Waals surface area contributed by atoms with E-state index < -0.39 is 11.8 Å². The molecule has 3 saturated carbocycles. The van der Waals surface area contributed by atoms with Crippen molar-refractivity contribution < 1.29 is 22.4 Å². The Morgan fingerprint density at radius 2 is 1.70 bits per heavy atom. The predicted octanol–water partition coefficient (Wildman–Crippen LogP) is 4.65. The quantitative estimate of drug-likeness (QED) is 0.723. The Morgan fingerprint density at radius 1 is 1.11 bits per heavy atom. The van der Waals surface area contributed by atoms with Crippen LogP contribution in [0.4, 0.5) is 23.4 Å². The van der Waals surface area contributed by atoms with Crippen LogP contribution in [0.25, 0.3) is 0 Å². The molecular weight excluding hydrogens is 362 g/mol. The average molecular weight is 387 g/mol. The zero-order valence-corrected chi connectivity index (χ0v) is 15.4. The van der Waals surface area contributed by atoms with Crippen LogP contribution in [0.1, 0.15) is 68.5 Å². The van der Waals surface area contributed by atoms with Crippen molar-refractivity contribution in [1.82, 2.24) is 9.78 Å². The standard InChI is InChI=1S/C19H25F4N3O/c1-26-17(24-15(27)6-12-9-19(22,23)10-12)16(13-3-2-4-13)14(25-26)5-11-7-18(20,21)8-11/h11-13H,2-10H2,1H3,(H,24,27). The smallest absolute Gasteiger partial charge is 0.248 e. The van der Waals surface area contributed by atoms with E-state index in [0.29, 0.717) is 12.2 Å². The first-order chi connectivity index (χ1) is 12.6. The lowest BCUT2D eigenvalue weighted by Gasteiger charge is -2.35. The molecule has 0 bridgehead atoms. The Kier molecular flexibility index (Phi) is 4.50. The van der Waals surface area contributed by atoms with Crippen molar-refractivity contribution in [3.8, 4) is 0 Å². The van der Waals surface area contributed by atoms with Crippen molar-refractivity contribution in [3.05, 3.63) is 11.3 Å². The number of nitrogens with one attached hydrogen (secondary N) is 1. The summed E-state index contributed by atoms with van der Waals surface area (Å²) in [6.07, 6.45) is 3.00. The van der Waals surface area contributed by atoms with Crippen LogP contribution in [-0.2, 0) is 18.3 Å². The molecule has 0 radical (unpaired) electrons. The molecule has 1 N–H and O–H groups in total. The van der Waals surface area contributed by atoms with Crippen LogP contribution in [0, 0.1) is 11.8 Å². The zero-order valence-electron chi connectivity index (χ0n) is 15.4. The second-order valence-electron chi connectivity index (χ2n) is 8.68. The molecule has 1 aromatic rings. The summed E-state index contributed by atoms with van der Waals surface area (Å²) in [6, 6.07) is 0. The molecular formula is C19H25F4N3O. The minimum absolute atomic E-state index is 0.0746. The number of alkyl halides is 4. The molecule has 1 heterocycles. The van der Waals surface area contributed by atoms with E-state index in [4.69, 9.17) is 0 Å². The fourth-order valence-corrected chi connectivity index (χ4v) is 4.60. The summed E-state index contributed by atoms with van der Waals surface area (Å²) in [6.45, 7) is 0. The van der Waals surface area contributed by atoms with Crippen molar-refractivity contribution in [3.63, 3.8) is 0 Å². The number of carbonyl (C=O) groups is 1. The van der Waals surface area contributed by atoms with Gasteiger partial charge in [0.25, 0.3) is 0 Å². The molecule has 0 aromatic carbocycles. The van der Waals surface area contributed by atoms with E-state index in [2.05, 4.69) is 10.4 Å². The minimum atomic E-state index is -2.63. The van der Waals surface area contributed by atoms with E-state index in [1.54, 1.807) is 11.7 Å². The topological polar surface area (TPSA) is 46.9 Å². The second kappa shape index (κ2) is 6.48. The minimum Gasteiger partial charge on any atom is -0.311 e. The first kappa shape index (κ1) is 18.7. The molecule has 0 atom stereocenters. The number of hydrogen-bond donors (Lipinski definition) is 1. The Bertz CT molecular complexity index is 726. The van der Waals surface area contributed by atoms with Gasteiger partial charge in [0.15, 0.2) is 0 Å². The van der Waals surface area contributed by atoms with E-state index in [0.717, 1.165) is 30.5 Å². The number of halogens is 4. The highest BCUT2D eigenvalue weighted by atomic mass is 19.3. The number of carbonyl (C=O) groups excluding carboxylic acids is 1. The highest BCUT2D eigenvalue weighted by Crippen LogP contribution is 2.47. The van der Waals surface area contributed by atoms with Gasteiger partial charge in [0, 0.05) is 44.7 Å². The first-order valence-electron chi connectivity index (χ1n) is 9.73. The van der Waals surface area contributed by atoms with Gasteiger partial charge in [0.05, 0.1) is 5.69 Å². The summed E-state index contributed by atoms with van der Waals surface area (Å²) in [5, 5.41) is 7.38. The third kappa shape index (κ3) is 3.85. The summed E-state index contributed by atoms with van der Waals surface area (Å²) in [4.78, 5) is 12.3. The summed E-state index contributed by atoms with van der Waals surface area (Å²) in [5.41, 5.74) is 1.76. The number of rotatable bonds is 6. The molecule has 4 nitrogen and oxygen atoms in total. The largest absolute Gasteiger partial charge is 0.311 e. The van der Waals surface area contributed by atoms with Gasteiger partial charge >= 0.3 is 0 Å². The monoisotopic (exact) mass is 387 g/mol. The Labute approximate surface area is 155 Å². The van der Waals surface area contributed by atoms with Gasteiger partial charge in [0.2, 0.25) is 17.8 Å². The fourth-order valence-electron chi connectivity index (χ4n) is 4.60. The average Bonchev–Trinajstić information content (AvgIpc) is 2.70. The van der Waals surface area contributed by atoms with E-state index >= 15 is 0 Å². The van der Waals surface area contributed by atoms with Gasteiger partial charge in [-0.15, -0.1) is 0 Å². The van der Waals surface area contributed by atoms with Crippen LogP contribution in [0.2, 0.25) is 0 Å². The third-order valence-corrected chi connectivity index (χ3v) is 6.24. The highest BCUT2D eigenvalue weighted by Gasteiger charge is 2.47. The number of nitrogens with zero attached hydrogens (tertiary/aromatic N) is 2. The van der Waals surface area contributed by atoms with Gasteiger partial charge in [-0.05, 0) is 37.0 Å². The molecule has 3 aliphatic rings. The maximum absolute atomic E-state index is 13.2. The lowest BCUT2D eigenvalue weighted by atomic mass is 9.75. The second-order valence-corrected chi connectivity index (χ2v) is 8.68. The molecule has 1 aromatic heterocycles. The molecule has 27 heavy (non-hydrogen) atoms. The van der Waals surface area contributed by atoms with Crippen LogP contribution in [0.15, 0.2) is 0 Å². The van der Waals surface area contributed by atoms with Crippen LogP contribution in [0.5, 0.6) is 0 Å². The first-order valence-corrected chi connectivity index (χ1v) is 9.73. The van der Waals surface area contributed by atoms with Crippen LogP contribution in [-0.4, -0.2) is 27.5 Å². The van der Waals surface area contributed by atoms with Crippen LogP contribution in [0.3, 0.4) is 0 Å². The zero-order chi connectivity index (χ0) is 19.4. The molecule has 0 saturated heterocycles. The van der Waals surface area contributed by atoms with Gasteiger partial charge in [-0.2, -0.15) is 5.10 Å². The van der Waals surface area contributed by atoms with E-state index in [9.17, 15) is 22.4 Å². The number of aromatic nitrogens is 2. The summed E-state index contributed by atoms with van der Waals surface area (Å²) in [5.74, 6) is -4.92. The normalized spacial score (nSPS) is 24.8. The van der Waals surface area contributed by atoms with Gasteiger partial charge in [-0.3, -0.25) is 9.48 Å². The van der Waals surface area contributed by atoms with Crippen LogP contribution >= 0.6 is 0 Å². The molecule has 3 aliphatic carbocycles. The number of anilines is 1. The predicted molar refractivity (Wildman–Crippen MR) is 92.1 cm³/mol. The molecule has 3 fully saturated rings. The number of hydrogen-bond acceptors (Lipinski definition) is 2. The number of amides is 1. The SMILES string of the molecule is Cn1nc(CC2CC(F)(F)C2)c(C2CCC2)c1NC(=O)CC1CC(F)(F)C1. The van der Waals surface area contributed by atoms with Crippen molar-refractivity contribution in [1.29, 1.82) is 0 Å². The fraction of sp³-hybridized carbons (Fsp3) is 0.789. The Balaban J connectivity index is 1.45. The third-order valence-electron chi connectivity index (χ3n) is 6.24. The van der Waals surface area contributed by atoms with Crippen molar-refractivity contribution in [2.75, 3.05) is 5.32 Å². The van der Waals surface area contributed by atoms with E-state index in [-0.39, 0.29) is 55.8 Å². The van der Waals surface area contributed by atoms with Crippen molar-refractivity contribution in [2.45, 2.75) is 75.6 Å². The maximum atomic E-state index is 13.2. The summed E-state index contributed by atoms with van der Waals surface area (Å²) in [7, 11) is 1.73. The molecule has 0 aliphatic heterocycles. The Hall–Kier alpha value is -1.60. The van der Waals surface area contributed by atoms with E-state index in [1.165, 1.54) is 0 Å². The van der Waals surface area contributed by atoms with Gasteiger partial charge in [-0.1, -0.05) is 6.42 Å². The lowest BCUT2D eigenvalue weighted by molar-refractivity contribution is -0.129. The van der Waals surface area contributed by atoms with Gasteiger partial charge < -0.3 is 5.32 Å². The van der Waals surface area contributed by atoms with Crippen molar-refractivity contribution in [2.24, 2.45) is 18.9 Å². The maximum Gasteiger partial charge on any atom is 0.248 e. The number of aryl methyl sites for hydroxylation is 1. The van der Waals surface area contributed by atoms with Crippen molar-refractivity contribution >= 4 is 11.7 Å². The highest BCUT2D eigenvalue weighted by molar-refractivity contribution is 5.91. The molecule has 8 heteroatoms. The molecule has 0 spiro atoms. The van der Waals surface area contributed by atoms with Gasteiger partial charge in [-0.25, -0.2) is 17.6 Å². The molecule has 1 amide bonds. The van der Waals surface area contributed by atoms with Gasteiger partial charge in [0.1, 0.15) is 5.82 Å². The van der Waals surface area contributed by atoms with E-state index in [1.807, 2.05) is 0 Å². The lowest BCUT2D eigenvalue weighted by Crippen LogP contribution is -2.37. The summed E-state index contributed by atoms with van der Waals surface area (Å²) < 4.78 is 53.9. The Morgan fingerprint density at radius 3 is 2.22 bits per heavy atom. The summed E-state index contributed by atoms with van der Waals surface area (Å²) >= 11 is 0. The molecule has 4 rings (SSSR count). The van der Waals surface area contributed by atoms with Crippen LogP contribution < -0.4 is 5.32 Å². The molecule has 150 valence electrons. The molecule has 0 unspecified atom stereocenters.